The molecule has 1 aromatic carbocycles. The van der Waals surface area contributed by atoms with Gasteiger partial charge in [-0.25, -0.2) is 0 Å². The van der Waals surface area contributed by atoms with E-state index in [1.807, 2.05) is 26.0 Å². The van der Waals surface area contributed by atoms with Crippen LogP contribution in [-0.2, 0) is 4.79 Å². The second-order valence-corrected chi connectivity index (χ2v) is 5.71. The molecule has 1 amide bonds. The first-order valence-corrected chi connectivity index (χ1v) is 7.41. The van der Waals surface area contributed by atoms with Crippen molar-refractivity contribution in [2.75, 3.05) is 26.2 Å². The van der Waals surface area contributed by atoms with E-state index in [2.05, 4.69) is 16.7 Å². The number of carbonyl (C=O) groups is 1. The Morgan fingerprint density at radius 2 is 2.05 bits per heavy atom. The van der Waals surface area contributed by atoms with Crippen LogP contribution in [0.25, 0.3) is 0 Å². The maximum atomic E-state index is 11.7. The summed E-state index contributed by atoms with van der Waals surface area (Å²) in [5.74, 6) is 0.864. The van der Waals surface area contributed by atoms with Crippen molar-refractivity contribution in [2.24, 2.45) is 5.92 Å². The van der Waals surface area contributed by atoms with Crippen molar-refractivity contribution in [3.8, 4) is 5.75 Å². The van der Waals surface area contributed by atoms with Crippen molar-refractivity contribution in [1.29, 1.82) is 0 Å². The van der Waals surface area contributed by atoms with E-state index in [0.717, 1.165) is 23.4 Å². The highest BCUT2D eigenvalue weighted by Crippen LogP contribution is 2.16. The molecule has 0 saturated carbocycles. The lowest BCUT2D eigenvalue weighted by Crippen LogP contribution is -2.34. The lowest BCUT2D eigenvalue weighted by atomic mass is 10.1. The van der Waals surface area contributed by atoms with Crippen LogP contribution in [0.3, 0.4) is 0 Å². The fourth-order valence-electron chi connectivity index (χ4n) is 2.54. The van der Waals surface area contributed by atoms with Crippen LogP contribution in [-0.4, -0.2) is 43.4 Å². The highest BCUT2D eigenvalue weighted by atomic mass is 16.5. The van der Waals surface area contributed by atoms with Crippen LogP contribution in [0.1, 0.15) is 17.5 Å². The molecule has 1 heterocycles. The number of benzene rings is 1. The summed E-state index contributed by atoms with van der Waals surface area (Å²) >= 11 is 0. The molecule has 2 atom stereocenters. The normalized spacial score (nSPS) is 21.3. The van der Waals surface area contributed by atoms with Gasteiger partial charge in [-0.15, -0.1) is 0 Å². The van der Waals surface area contributed by atoms with Crippen LogP contribution in [0.5, 0.6) is 5.75 Å². The van der Waals surface area contributed by atoms with Crippen LogP contribution >= 0.6 is 0 Å². The molecular weight excluding hydrogens is 268 g/mol. The smallest absolute Gasteiger partial charge is 0.223 e. The second kappa shape index (κ2) is 7.43. The fraction of sp³-hybridized carbons (Fsp3) is 0.562. The molecule has 21 heavy (non-hydrogen) atoms. The first-order chi connectivity index (χ1) is 10.0. The molecule has 3 N–H and O–H groups in total. The van der Waals surface area contributed by atoms with Crippen LogP contribution in [0.2, 0.25) is 0 Å². The summed E-state index contributed by atoms with van der Waals surface area (Å²) in [6.45, 7) is 6.27. The summed E-state index contributed by atoms with van der Waals surface area (Å²) in [5, 5.41) is 15.6. The third-order valence-corrected chi connectivity index (χ3v) is 3.66. The predicted octanol–water partition coefficient (Wildman–Crippen LogP) is 0.769. The second-order valence-electron chi connectivity index (χ2n) is 5.71. The van der Waals surface area contributed by atoms with E-state index in [0.29, 0.717) is 26.1 Å². The molecule has 2 unspecified atom stereocenters. The number of ether oxygens (including phenoxy) is 1. The van der Waals surface area contributed by atoms with Gasteiger partial charge in [0, 0.05) is 25.6 Å². The van der Waals surface area contributed by atoms with E-state index in [9.17, 15) is 9.90 Å². The first-order valence-electron chi connectivity index (χ1n) is 7.41. The summed E-state index contributed by atoms with van der Waals surface area (Å²) in [6, 6.07) is 6.01. The molecule has 5 nitrogen and oxygen atoms in total. The summed E-state index contributed by atoms with van der Waals surface area (Å²) in [4.78, 5) is 11.7. The van der Waals surface area contributed by atoms with Crippen molar-refractivity contribution in [2.45, 2.75) is 26.4 Å². The zero-order valence-electron chi connectivity index (χ0n) is 12.7. The van der Waals surface area contributed by atoms with Crippen molar-refractivity contribution < 1.29 is 14.6 Å². The van der Waals surface area contributed by atoms with Gasteiger partial charge in [-0.3, -0.25) is 4.79 Å². The topological polar surface area (TPSA) is 70.6 Å². The summed E-state index contributed by atoms with van der Waals surface area (Å²) in [6.07, 6.45) is -0.0414. The Hall–Kier alpha value is -1.59. The number of hydrogen-bond acceptors (Lipinski definition) is 4. The van der Waals surface area contributed by atoms with E-state index >= 15 is 0 Å². The number of rotatable bonds is 6. The fourth-order valence-corrected chi connectivity index (χ4v) is 2.54. The van der Waals surface area contributed by atoms with E-state index in [1.54, 1.807) is 0 Å². The van der Waals surface area contributed by atoms with Crippen LogP contribution in [0.4, 0.5) is 0 Å². The summed E-state index contributed by atoms with van der Waals surface area (Å²) in [7, 11) is 0. The lowest BCUT2D eigenvalue weighted by Gasteiger charge is -2.14. The Labute approximate surface area is 125 Å². The number of β-amino-alcohol motifs (C(OH)–C–C–N with tert-alkyl or cyclic N) is 1. The quantitative estimate of drug-likeness (QED) is 0.724. The minimum absolute atomic E-state index is 0.0431. The Kier molecular flexibility index (Phi) is 5.59. The standard InChI is InChI=1S/C16H24N2O3/c1-11-5-12(2)7-14(6-11)21-4-3-16(20)18-9-13-8-17-10-15(13)19/h5-7,13,15,17,19H,3-4,8-10H2,1-2H3,(H,18,20). The van der Waals surface area contributed by atoms with Crippen LogP contribution in [0.15, 0.2) is 18.2 Å². The van der Waals surface area contributed by atoms with Crippen molar-refractivity contribution >= 4 is 5.91 Å². The molecular formula is C16H24N2O3. The average Bonchev–Trinajstić information content (AvgIpc) is 2.81. The molecule has 0 radical (unpaired) electrons. The zero-order chi connectivity index (χ0) is 15.2. The molecule has 2 rings (SSSR count). The molecule has 1 aliphatic heterocycles. The van der Waals surface area contributed by atoms with Gasteiger partial charge in [-0.05, 0) is 37.1 Å². The van der Waals surface area contributed by atoms with Gasteiger partial charge < -0.3 is 20.5 Å². The third-order valence-electron chi connectivity index (χ3n) is 3.66. The molecule has 5 heteroatoms. The number of aliphatic hydroxyl groups is 1. The molecule has 1 aromatic rings. The Morgan fingerprint density at radius 3 is 2.67 bits per heavy atom. The lowest BCUT2D eigenvalue weighted by molar-refractivity contribution is -0.121. The van der Waals surface area contributed by atoms with Gasteiger partial charge in [-0.2, -0.15) is 0 Å². The Morgan fingerprint density at radius 1 is 1.33 bits per heavy atom. The highest BCUT2D eigenvalue weighted by Gasteiger charge is 2.24. The largest absolute Gasteiger partial charge is 0.493 e. The van der Waals surface area contributed by atoms with Gasteiger partial charge in [0.05, 0.1) is 19.1 Å². The van der Waals surface area contributed by atoms with Gasteiger partial charge in [0.25, 0.3) is 0 Å². The maximum absolute atomic E-state index is 11.7. The molecule has 0 aromatic heterocycles. The maximum Gasteiger partial charge on any atom is 0.223 e. The van der Waals surface area contributed by atoms with Gasteiger partial charge in [-0.1, -0.05) is 6.07 Å². The molecule has 1 aliphatic rings. The van der Waals surface area contributed by atoms with Crippen molar-refractivity contribution in [3.05, 3.63) is 29.3 Å². The molecule has 0 spiro atoms. The van der Waals surface area contributed by atoms with Crippen LogP contribution in [0, 0.1) is 19.8 Å². The summed E-state index contributed by atoms with van der Waals surface area (Å²) in [5.41, 5.74) is 2.30. The number of nitrogens with one attached hydrogen (secondary N) is 2. The third kappa shape index (κ3) is 5.02. The van der Waals surface area contributed by atoms with Gasteiger partial charge >= 0.3 is 0 Å². The SMILES string of the molecule is Cc1cc(C)cc(OCCC(=O)NCC2CNCC2O)c1. The number of amides is 1. The number of aryl methyl sites for hydroxylation is 2. The highest BCUT2D eigenvalue weighted by molar-refractivity contribution is 5.76. The molecule has 116 valence electrons. The number of aliphatic hydroxyl groups excluding tert-OH is 1. The summed E-state index contributed by atoms with van der Waals surface area (Å²) < 4.78 is 5.61. The monoisotopic (exact) mass is 292 g/mol. The number of hydrogen-bond donors (Lipinski definition) is 3. The van der Waals surface area contributed by atoms with Gasteiger partial charge in [0.1, 0.15) is 5.75 Å². The van der Waals surface area contributed by atoms with E-state index in [4.69, 9.17) is 4.74 Å². The van der Waals surface area contributed by atoms with E-state index < -0.39 is 0 Å². The zero-order valence-corrected chi connectivity index (χ0v) is 12.7. The van der Waals surface area contributed by atoms with Gasteiger partial charge in [0.15, 0.2) is 0 Å². The van der Waals surface area contributed by atoms with E-state index in [1.165, 1.54) is 0 Å². The Bertz CT molecular complexity index is 470. The van der Waals surface area contributed by atoms with E-state index in [-0.39, 0.29) is 17.9 Å². The van der Waals surface area contributed by atoms with Crippen LogP contribution < -0.4 is 15.4 Å². The van der Waals surface area contributed by atoms with Crippen molar-refractivity contribution in [3.63, 3.8) is 0 Å². The predicted molar refractivity (Wildman–Crippen MR) is 81.4 cm³/mol. The Balaban J connectivity index is 1.67. The minimum Gasteiger partial charge on any atom is -0.493 e. The molecule has 1 saturated heterocycles. The molecule has 0 aliphatic carbocycles. The minimum atomic E-state index is -0.364. The average molecular weight is 292 g/mol. The molecule has 0 bridgehead atoms. The van der Waals surface area contributed by atoms with Gasteiger partial charge in [0.2, 0.25) is 5.91 Å². The first kappa shape index (κ1) is 15.8. The molecule has 1 fully saturated rings. The van der Waals surface area contributed by atoms with Crippen molar-refractivity contribution in [1.82, 2.24) is 10.6 Å². The number of carbonyl (C=O) groups excluding carboxylic acids is 1.